The lowest BCUT2D eigenvalue weighted by molar-refractivity contribution is 1.17. The quantitative estimate of drug-likeness (QED) is 0.201. The van der Waals surface area contributed by atoms with Crippen LogP contribution in [0.2, 0.25) is 0 Å². The summed E-state index contributed by atoms with van der Waals surface area (Å²) in [7, 11) is 0. The third-order valence-corrected chi connectivity index (χ3v) is 6.93. The van der Waals surface area contributed by atoms with Gasteiger partial charge in [-0.1, -0.05) is 48.3 Å². The van der Waals surface area contributed by atoms with Gasteiger partial charge in [0.25, 0.3) is 0 Å². The summed E-state index contributed by atoms with van der Waals surface area (Å²) in [5, 5.41) is 37.5. The van der Waals surface area contributed by atoms with Gasteiger partial charge in [0.2, 0.25) is 0 Å². The van der Waals surface area contributed by atoms with E-state index in [1.807, 2.05) is 0 Å². The monoisotopic (exact) mass is 604 g/mol. The van der Waals surface area contributed by atoms with Crippen molar-refractivity contribution in [1.29, 1.82) is 21.0 Å². The van der Waals surface area contributed by atoms with E-state index in [0.717, 1.165) is 9.13 Å². The van der Waals surface area contributed by atoms with E-state index >= 15 is 0 Å². The first kappa shape index (κ1) is 12.9. The second kappa shape index (κ2) is 10.3. The molecule has 6 heteroatoms. The molecule has 0 unspecified atom stereocenters. The van der Waals surface area contributed by atoms with Crippen molar-refractivity contribution in [1.82, 2.24) is 9.13 Å². The minimum absolute atomic E-state index is 0.553. The zero-order valence-electron chi connectivity index (χ0n) is 42.7. The fourth-order valence-electron chi connectivity index (χ4n) is 5.08. The van der Waals surface area contributed by atoms with Crippen molar-refractivity contribution in [3.8, 4) is 46.8 Å². The number of nitriles is 4. The van der Waals surface area contributed by atoms with Gasteiger partial charge in [-0.2, -0.15) is 21.0 Å². The van der Waals surface area contributed by atoms with Crippen LogP contribution in [0.4, 0.5) is 0 Å². The molecule has 0 spiro atoms. The summed E-state index contributed by atoms with van der Waals surface area (Å²) in [6.45, 7) is 0. The van der Waals surface area contributed by atoms with E-state index in [1.54, 1.807) is 24.3 Å². The predicted molar refractivity (Wildman–Crippen MR) is 179 cm³/mol. The van der Waals surface area contributed by atoms with Gasteiger partial charge in [-0.3, -0.25) is 0 Å². The second-order valence-corrected chi connectivity index (χ2v) is 9.46. The van der Waals surface area contributed by atoms with Crippen LogP contribution in [-0.4, -0.2) is 9.13 Å². The van der Waals surface area contributed by atoms with Crippen LogP contribution in [0.15, 0.2) is 121 Å². The third-order valence-electron chi connectivity index (χ3n) is 6.93. The zero-order chi connectivity index (χ0) is 48.8. The van der Waals surface area contributed by atoms with Crippen LogP contribution in [0.25, 0.3) is 66.1 Å². The molecule has 2 aromatic heterocycles. The van der Waals surface area contributed by atoms with E-state index in [0.29, 0.717) is 0 Å². The maximum Gasteiger partial charge on any atom is 0.0992 e. The Morgan fingerprint density at radius 3 is 1.11 bits per heavy atom. The predicted octanol–water partition coefficient (Wildman–Crippen LogP) is 9.03. The fourth-order valence-corrected chi connectivity index (χ4v) is 5.08. The van der Waals surface area contributed by atoms with Crippen molar-refractivity contribution < 1.29 is 27.4 Å². The fraction of sp³-hybridized carbons (Fsp3) is 0. The van der Waals surface area contributed by atoms with E-state index in [9.17, 15) is 29.3 Å². The van der Waals surface area contributed by atoms with Crippen LogP contribution in [0, 0.1) is 45.3 Å². The van der Waals surface area contributed by atoms with Crippen molar-refractivity contribution in [2.75, 3.05) is 0 Å². The van der Waals surface area contributed by atoms with Crippen molar-refractivity contribution in [2.24, 2.45) is 0 Å². The minimum Gasteiger partial charge on any atom is -0.309 e. The number of nitrogens with zero attached hydrogens (tertiary/aromatic N) is 6. The van der Waals surface area contributed by atoms with Crippen molar-refractivity contribution in [3.05, 3.63) is 143 Å². The standard InChI is InChI=1S/C40H20N6/c41-21-25-13-26(22-42)16-31(15-25)45-37-7-3-1-5-33(37)35-19-29(9-11-39(35)45)30-10-12-40-36(20-30)34-6-2-4-8-38(34)46(40)32-17-27(23-43)14-28(18-32)24-44/h1-20H/i1D,2D,3D,4D,5D,6D,7D,8D,9D,10D,11D,12D,13D,14D,15D,16D,17D,18D,19D,20D. The van der Waals surface area contributed by atoms with E-state index in [4.69, 9.17) is 19.2 Å². The average molecular weight is 605 g/mol. The molecule has 0 fully saturated rings. The Morgan fingerprint density at radius 1 is 0.391 bits per heavy atom. The van der Waals surface area contributed by atoms with E-state index in [2.05, 4.69) is 0 Å². The summed E-state index contributed by atoms with van der Waals surface area (Å²) < 4.78 is 180. The molecule has 0 saturated carbocycles. The van der Waals surface area contributed by atoms with Gasteiger partial charge in [0.05, 0.1) is 96.0 Å². The zero-order valence-corrected chi connectivity index (χ0v) is 22.7. The Balaban J connectivity index is 1.66. The number of aromatic nitrogens is 2. The van der Waals surface area contributed by atoms with Gasteiger partial charge in [-0.25, -0.2) is 0 Å². The average Bonchev–Trinajstić information content (AvgIpc) is 3.81. The highest BCUT2D eigenvalue weighted by atomic mass is 15.0. The van der Waals surface area contributed by atoms with Crippen molar-refractivity contribution in [3.63, 3.8) is 0 Å². The highest BCUT2D eigenvalue weighted by Crippen LogP contribution is 2.38. The number of hydrogen-bond donors (Lipinski definition) is 0. The van der Waals surface area contributed by atoms with Crippen LogP contribution in [-0.2, 0) is 0 Å². The largest absolute Gasteiger partial charge is 0.309 e. The van der Waals surface area contributed by atoms with Gasteiger partial charge in [-0.05, 0) is 83.6 Å². The van der Waals surface area contributed by atoms with Crippen molar-refractivity contribution >= 4 is 43.6 Å². The second-order valence-electron chi connectivity index (χ2n) is 9.46. The van der Waals surface area contributed by atoms with Gasteiger partial charge >= 0.3 is 0 Å². The molecule has 0 atom stereocenters. The molecule has 0 N–H and O–H groups in total. The summed E-state index contributed by atoms with van der Waals surface area (Å²) in [4.78, 5) is 0. The summed E-state index contributed by atoms with van der Waals surface area (Å²) >= 11 is 0. The molecule has 210 valence electrons. The van der Waals surface area contributed by atoms with Gasteiger partial charge < -0.3 is 9.13 Å². The van der Waals surface area contributed by atoms with Gasteiger partial charge in [0.1, 0.15) is 0 Å². The third kappa shape index (κ3) is 4.00. The molecule has 6 nitrogen and oxygen atoms in total. The Bertz CT molecular complexity index is 3550. The van der Waals surface area contributed by atoms with E-state index in [-0.39, 0.29) is 0 Å². The Hall–Kier alpha value is -7.12. The van der Waals surface area contributed by atoms with Crippen LogP contribution in [0.5, 0.6) is 0 Å². The highest BCUT2D eigenvalue weighted by molar-refractivity contribution is 6.12. The molecule has 46 heavy (non-hydrogen) atoms. The topological polar surface area (TPSA) is 105 Å². The smallest absolute Gasteiger partial charge is 0.0992 e. The summed E-state index contributed by atoms with van der Waals surface area (Å²) in [5.74, 6) is 0. The Labute approximate surface area is 291 Å². The number of para-hydroxylation sites is 2. The molecule has 0 aliphatic carbocycles. The molecule has 8 rings (SSSR count). The molecule has 0 bridgehead atoms. The Kier molecular flexibility index (Phi) is 2.87. The van der Waals surface area contributed by atoms with Gasteiger partial charge in [-0.15, -0.1) is 0 Å². The molecule has 0 amide bonds. The van der Waals surface area contributed by atoms with Crippen LogP contribution < -0.4 is 0 Å². The Morgan fingerprint density at radius 2 is 0.739 bits per heavy atom. The van der Waals surface area contributed by atoms with Crippen LogP contribution >= 0.6 is 0 Å². The van der Waals surface area contributed by atoms with Gasteiger partial charge in [0.15, 0.2) is 0 Å². The first-order chi connectivity index (χ1) is 31.0. The molecule has 6 aromatic carbocycles. The lowest BCUT2D eigenvalue weighted by atomic mass is 10.0. The molecular formula is C40H20N6. The minimum atomic E-state index is -1.01. The van der Waals surface area contributed by atoms with E-state index < -0.39 is 209 Å². The molecule has 2 heterocycles. The SMILES string of the molecule is [2H]c1c(C#N)c([2H])c(-n2c3c([2H])c([2H])c([2H])c([2H])c3c3c([2H])c(-c4c([2H])c([2H])c5c(c4[2H])c4c([2H])c([2H])c([2H])c([2H])c4n5-c4c([2H])c(C#N)c([2H])c(C#N)c4[2H])c([2H])c([2H])c32)c([2H])c1C#N. The summed E-state index contributed by atoms with van der Waals surface area (Å²) in [6, 6.07) is -11.5. The van der Waals surface area contributed by atoms with Crippen LogP contribution in [0.1, 0.15) is 49.7 Å². The number of rotatable bonds is 3. The molecule has 0 aliphatic heterocycles. The number of fused-ring (bicyclic) bond motifs is 6. The summed E-state index contributed by atoms with van der Waals surface area (Å²) in [5.41, 5.74) is -8.47. The lowest BCUT2D eigenvalue weighted by Crippen LogP contribution is -1.96. The summed E-state index contributed by atoms with van der Waals surface area (Å²) in [6.07, 6.45) is 0. The molecule has 8 aromatic rings. The molecule has 0 saturated heterocycles. The normalized spacial score (nSPS) is 17.0. The molecular weight excluding hydrogens is 564 g/mol. The first-order valence-electron chi connectivity index (χ1n) is 23.0. The first-order valence-corrected chi connectivity index (χ1v) is 13.0. The highest BCUT2D eigenvalue weighted by Gasteiger charge is 2.17. The maximum atomic E-state index is 9.94. The van der Waals surface area contributed by atoms with Crippen molar-refractivity contribution in [2.45, 2.75) is 0 Å². The lowest BCUT2D eigenvalue weighted by Gasteiger charge is -2.10. The molecule has 0 radical (unpaired) electrons. The molecule has 0 aliphatic rings. The number of hydrogen-bond acceptors (Lipinski definition) is 4. The van der Waals surface area contributed by atoms with Gasteiger partial charge in [0, 0.05) is 32.9 Å². The van der Waals surface area contributed by atoms with Crippen LogP contribution in [0.3, 0.4) is 0 Å². The number of benzene rings is 6. The van der Waals surface area contributed by atoms with E-state index in [1.165, 1.54) is 0 Å². The maximum absolute atomic E-state index is 9.94.